The first kappa shape index (κ1) is 11.2. The molecule has 0 aromatic rings. The van der Waals surface area contributed by atoms with Gasteiger partial charge >= 0.3 is 5.97 Å². The Balaban J connectivity index is 4.55. The minimum Gasteiger partial charge on any atom is -0.466 e. The summed E-state index contributed by atoms with van der Waals surface area (Å²) in [6.07, 6.45) is 1.95. The summed E-state index contributed by atoms with van der Waals surface area (Å²) < 4.78 is 4.67. The van der Waals surface area contributed by atoms with Crippen molar-refractivity contribution in [3.63, 3.8) is 0 Å². The van der Waals surface area contributed by atoms with E-state index in [1.54, 1.807) is 0 Å². The third-order valence-electron chi connectivity index (χ3n) is 1.56. The van der Waals surface area contributed by atoms with Gasteiger partial charge in [-0.15, -0.1) is 0 Å². The summed E-state index contributed by atoms with van der Waals surface area (Å²) in [6, 6.07) is 0. The zero-order chi connectivity index (χ0) is 9.72. The Morgan fingerprint density at radius 3 is 2.00 bits per heavy atom. The molecule has 0 aliphatic heterocycles. The molecular weight excluding hydrogens is 152 g/mol. The van der Waals surface area contributed by atoms with Crippen LogP contribution < -0.4 is 0 Å². The highest BCUT2D eigenvalue weighted by Gasteiger charge is 2.13. The van der Waals surface area contributed by atoms with Crippen LogP contribution >= 0.6 is 0 Å². The molecule has 0 spiro atoms. The van der Waals surface area contributed by atoms with Crippen molar-refractivity contribution in [3.05, 3.63) is 11.6 Å². The van der Waals surface area contributed by atoms with E-state index in [2.05, 4.69) is 4.74 Å². The van der Waals surface area contributed by atoms with Gasteiger partial charge in [-0.2, -0.15) is 0 Å². The van der Waals surface area contributed by atoms with Gasteiger partial charge in [-0.05, 0) is 11.8 Å². The maximum absolute atomic E-state index is 11.2. The summed E-state index contributed by atoms with van der Waals surface area (Å²) in [4.78, 5) is 11.2. The average molecular weight is 170 g/mol. The van der Waals surface area contributed by atoms with Gasteiger partial charge in [0, 0.05) is 5.57 Å². The van der Waals surface area contributed by atoms with Gasteiger partial charge in [0.05, 0.1) is 7.11 Å². The third kappa shape index (κ3) is 3.56. The molecule has 0 aromatic heterocycles. The minimum absolute atomic E-state index is 0.210. The molecular formula is C10H18O2. The molecule has 0 N–H and O–H groups in total. The number of ether oxygens (including phenoxy) is 1. The van der Waals surface area contributed by atoms with Crippen LogP contribution in [0, 0.1) is 11.8 Å². The Morgan fingerprint density at radius 1 is 1.25 bits per heavy atom. The van der Waals surface area contributed by atoms with E-state index >= 15 is 0 Å². The van der Waals surface area contributed by atoms with Gasteiger partial charge in [-0.1, -0.05) is 33.8 Å². The second-order valence-electron chi connectivity index (χ2n) is 3.51. The molecule has 0 heterocycles. The lowest BCUT2D eigenvalue weighted by Gasteiger charge is -2.09. The summed E-state index contributed by atoms with van der Waals surface area (Å²) in [7, 11) is 1.42. The van der Waals surface area contributed by atoms with E-state index in [0.717, 1.165) is 5.57 Å². The van der Waals surface area contributed by atoms with Crippen LogP contribution in [0.1, 0.15) is 27.7 Å². The molecule has 0 saturated heterocycles. The monoisotopic (exact) mass is 170 g/mol. The van der Waals surface area contributed by atoms with E-state index < -0.39 is 0 Å². The molecule has 0 saturated carbocycles. The number of carbonyl (C=O) groups is 1. The van der Waals surface area contributed by atoms with Crippen molar-refractivity contribution in [3.8, 4) is 0 Å². The van der Waals surface area contributed by atoms with Crippen LogP contribution in [-0.2, 0) is 9.53 Å². The van der Waals surface area contributed by atoms with Gasteiger partial charge in [0.2, 0.25) is 0 Å². The van der Waals surface area contributed by atoms with Crippen LogP contribution in [0.5, 0.6) is 0 Å². The van der Waals surface area contributed by atoms with Crippen molar-refractivity contribution in [2.75, 3.05) is 7.11 Å². The van der Waals surface area contributed by atoms with Crippen molar-refractivity contribution in [1.82, 2.24) is 0 Å². The van der Waals surface area contributed by atoms with E-state index in [4.69, 9.17) is 0 Å². The van der Waals surface area contributed by atoms with Crippen LogP contribution in [0.25, 0.3) is 0 Å². The lowest BCUT2D eigenvalue weighted by atomic mass is 9.99. The summed E-state index contributed by atoms with van der Waals surface area (Å²) in [5, 5.41) is 0. The molecule has 0 aromatic carbocycles. The van der Waals surface area contributed by atoms with E-state index in [1.807, 2.05) is 33.8 Å². The predicted molar refractivity (Wildman–Crippen MR) is 49.8 cm³/mol. The molecule has 0 unspecified atom stereocenters. The first-order valence-corrected chi connectivity index (χ1v) is 4.29. The number of hydrogen-bond donors (Lipinski definition) is 0. The quantitative estimate of drug-likeness (QED) is 0.480. The van der Waals surface area contributed by atoms with E-state index in [0.29, 0.717) is 5.92 Å². The highest BCUT2D eigenvalue weighted by Crippen LogP contribution is 2.13. The molecule has 0 atom stereocenters. The predicted octanol–water partition coefficient (Wildman–Crippen LogP) is 2.40. The summed E-state index contributed by atoms with van der Waals surface area (Å²) in [5.41, 5.74) is 0.771. The van der Waals surface area contributed by atoms with Crippen LogP contribution in [0.3, 0.4) is 0 Å². The van der Waals surface area contributed by atoms with Gasteiger partial charge in [-0.3, -0.25) is 0 Å². The molecule has 2 heteroatoms. The van der Waals surface area contributed by atoms with Crippen molar-refractivity contribution < 1.29 is 9.53 Å². The molecule has 0 bridgehead atoms. The number of allylic oxidation sites excluding steroid dienone is 1. The Hall–Kier alpha value is -0.790. The van der Waals surface area contributed by atoms with Crippen molar-refractivity contribution >= 4 is 5.97 Å². The zero-order valence-corrected chi connectivity index (χ0v) is 8.55. The zero-order valence-electron chi connectivity index (χ0n) is 8.55. The van der Waals surface area contributed by atoms with Gasteiger partial charge < -0.3 is 4.74 Å². The molecule has 0 fully saturated rings. The highest BCUT2D eigenvalue weighted by atomic mass is 16.5. The Bertz CT molecular complexity index is 178. The topological polar surface area (TPSA) is 26.3 Å². The SMILES string of the molecule is COC(=O)/C(=C/C(C)C)C(C)C. The maximum atomic E-state index is 11.2. The molecule has 0 amide bonds. The van der Waals surface area contributed by atoms with Crippen molar-refractivity contribution in [2.45, 2.75) is 27.7 Å². The lowest BCUT2D eigenvalue weighted by molar-refractivity contribution is -0.136. The largest absolute Gasteiger partial charge is 0.466 e. The van der Waals surface area contributed by atoms with E-state index in [-0.39, 0.29) is 11.9 Å². The van der Waals surface area contributed by atoms with Gasteiger partial charge in [0.25, 0.3) is 0 Å². The fourth-order valence-corrected chi connectivity index (χ4v) is 0.973. The Kier molecular flexibility index (Phi) is 4.64. The number of methoxy groups -OCH3 is 1. The second kappa shape index (κ2) is 4.96. The van der Waals surface area contributed by atoms with E-state index in [1.165, 1.54) is 7.11 Å². The number of esters is 1. The molecule has 0 radical (unpaired) electrons. The van der Waals surface area contributed by atoms with Crippen LogP contribution in [0.2, 0.25) is 0 Å². The molecule has 0 aliphatic carbocycles. The Morgan fingerprint density at radius 2 is 1.75 bits per heavy atom. The second-order valence-corrected chi connectivity index (χ2v) is 3.51. The van der Waals surface area contributed by atoms with Gasteiger partial charge in [-0.25, -0.2) is 4.79 Å². The molecule has 70 valence electrons. The summed E-state index contributed by atoms with van der Waals surface area (Å²) in [6.45, 7) is 8.08. The average Bonchev–Trinajstić information content (AvgIpc) is 1.98. The van der Waals surface area contributed by atoms with Crippen LogP contribution in [-0.4, -0.2) is 13.1 Å². The standard InChI is InChI=1S/C10H18O2/c1-7(2)6-9(8(3)4)10(11)12-5/h6-8H,1-5H3/b9-6+. The molecule has 12 heavy (non-hydrogen) atoms. The van der Waals surface area contributed by atoms with Gasteiger partial charge in [0.1, 0.15) is 0 Å². The van der Waals surface area contributed by atoms with Crippen LogP contribution in [0.15, 0.2) is 11.6 Å². The first-order valence-electron chi connectivity index (χ1n) is 4.29. The highest BCUT2D eigenvalue weighted by molar-refractivity contribution is 5.88. The van der Waals surface area contributed by atoms with E-state index in [9.17, 15) is 4.79 Å². The normalized spacial score (nSPS) is 12.4. The van der Waals surface area contributed by atoms with Crippen LogP contribution in [0.4, 0.5) is 0 Å². The smallest absolute Gasteiger partial charge is 0.333 e. The fourth-order valence-electron chi connectivity index (χ4n) is 0.973. The number of hydrogen-bond acceptors (Lipinski definition) is 2. The summed E-state index contributed by atoms with van der Waals surface area (Å²) in [5.74, 6) is 0.417. The maximum Gasteiger partial charge on any atom is 0.333 e. The van der Waals surface area contributed by atoms with Gasteiger partial charge in [0.15, 0.2) is 0 Å². The van der Waals surface area contributed by atoms with Crippen molar-refractivity contribution in [2.24, 2.45) is 11.8 Å². The molecule has 2 nitrogen and oxygen atoms in total. The van der Waals surface area contributed by atoms with Crippen molar-refractivity contribution in [1.29, 1.82) is 0 Å². The molecule has 0 rings (SSSR count). The minimum atomic E-state index is -0.210. The first-order chi connectivity index (χ1) is 5.49. The fraction of sp³-hybridized carbons (Fsp3) is 0.700. The number of carbonyl (C=O) groups excluding carboxylic acids is 1. The molecule has 0 aliphatic rings. The summed E-state index contributed by atoms with van der Waals surface area (Å²) >= 11 is 0. The lowest BCUT2D eigenvalue weighted by Crippen LogP contribution is -2.11. The number of rotatable bonds is 3. The third-order valence-corrected chi connectivity index (χ3v) is 1.56. The Labute approximate surface area is 74.6 Å².